The molecule has 21 heavy (non-hydrogen) atoms. The minimum atomic E-state index is -4.11. The van der Waals surface area contributed by atoms with Gasteiger partial charge in [-0.15, -0.1) is 10.2 Å². The van der Waals surface area contributed by atoms with E-state index >= 15 is 0 Å². The van der Waals surface area contributed by atoms with Crippen molar-refractivity contribution in [2.75, 3.05) is 0 Å². The first-order valence-electron chi connectivity index (χ1n) is 5.88. The van der Waals surface area contributed by atoms with Gasteiger partial charge in [-0.3, -0.25) is 4.57 Å². The zero-order valence-electron chi connectivity index (χ0n) is 11.4. The standard InChI is InChI=1S/C12H12BrClFN3O2S/c1-12(2,3)18-10(16-17-11(18)21(14,19)20)9-7(13)5-4-6-8(9)15/h4-6H,1-3H3. The lowest BCUT2D eigenvalue weighted by Gasteiger charge is -2.24. The van der Waals surface area contributed by atoms with E-state index in [1.165, 1.54) is 16.7 Å². The lowest BCUT2D eigenvalue weighted by atomic mass is 10.1. The van der Waals surface area contributed by atoms with Crippen LogP contribution < -0.4 is 0 Å². The molecule has 0 aliphatic carbocycles. The predicted octanol–water partition coefficient (Wildman–Crippen LogP) is 3.53. The molecule has 5 nitrogen and oxygen atoms in total. The second-order valence-corrected chi connectivity index (χ2v) is 8.66. The molecule has 0 aliphatic rings. The second-order valence-electron chi connectivity index (χ2n) is 5.35. The average Bonchev–Trinajstić information content (AvgIpc) is 2.72. The predicted molar refractivity (Wildman–Crippen MR) is 81.2 cm³/mol. The number of halogens is 3. The molecule has 0 bridgehead atoms. The number of hydrogen-bond acceptors (Lipinski definition) is 4. The highest BCUT2D eigenvalue weighted by Crippen LogP contribution is 2.34. The van der Waals surface area contributed by atoms with Crippen LogP contribution in [0.1, 0.15) is 20.8 Å². The summed E-state index contributed by atoms with van der Waals surface area (Å²) in [6.07, 6.45) is 0. The van der Waals surface area contributed by atoms with Crippen molar-refractivity contribution in [1.82, 2.24) is 14.8 Å². The Balaban J connectivity index is 2.87. The van der Waals surface area contributed by atoms with Gasteiger partial charge < -0.3 is 0 Å². The Morgan fingerprint density at radius 1 is 1.29 bits per heavy atom. The van der Waals surface area contributed by atoms with Gasteiger partial charge in [-0.2, -0.15) is 0 Å². The summed E-state index contributed by atoms with van der Waals surface area (Å²) in [6, 6.07) is 4.42. The molecule has 0 N–H and O–H groups in total. The van der Waals surface area contributed by atoms with Crippen LogP contribution in [0.25, 0.3) is 11.4 Å². The maximum absolute atomic E-state index is 14.1. The Hall–Kier alpha value is -0.990. The summed E-state index contributed by atoms with van der Waals surface area (Å²) in [5, 5.41) is 7.02. The molecule has 0 aliphatic heterocycles. The summed E-state index contributed by atoms with van der Waals surface area (Å²) in [4.78, 5) is 0. The van der Waals surface area contributed by atoms with Crippen LogP contribution in [-0.2, 0) is 14.6 Å². The minimum absolute atomic E-state index is 0.0895. The van der Waals surface area contributed by atoms with Crippen molar-refractivity contribution in [3.8, 4) is 11.4 Å². The van der Waals surface area contributed by atoms with Gasteiger partial charge in [0.2, 0.25) is 0 Å². The molecule has 0 unspecified atom stereocenters. The largest absolute Gasteiger partial charge is 0.296 e. The van der Waals surface area contributed by atoms with Gasteiger partial charge in [-0.1, -0.05) is 6.07 Å². The van der Waals surface area contributed by atoms with Crippen LogP contribution in [0.5, 0.6) is 0 Å². The van der Waals surface area contributed by atoms with E-state index in [0.29, 0.717) is 4.47 Å². The highest BCUT2D eigenvalue weighted by Gasteiger charge is 2.31. The Morgan fingerprint density at radius 3 is 2.38 bits per heavy atom. The number of hydrogen-bond donors (Lipinski definition) is 0. The molecule has 0 saturated carbocycles. The van der Waals surface area contributed by atoms with E-state index < -0.39 is 25.6 Å². The molecule has 0 spiro atoms. The van der Waals surface area contributed by atoms with Gasteiger partial charge in [0.1, 0.15) is 5.82 Å². The van der Waals surface area contributed by atoms with E-state index in [1.54, 1.807) is 26.8 Å². The van der Waals surface area contributed by atoms with Crippen molar-refractivity contribution in [3.05, 3.63) is 28.5 Å². The maximum atomic E-state index is 14.1. The topological polar surface area (TPSA) is 64.8 Å². The molecule has 0 saturated heterocycles. The quantitative estimate of drug-likeness (QED) is 0.729. The SMILES string of the molecule is CC(C)(C)n1c(-c2c(F)cccc2Br)nnc1S(=O)(=O)Cl. The fraction of sp³-hybridized carbons (Fsp3) is 0.333. The van der Waals surface area contributed by atoms with E-state index in [-0.39, 0.29) is 11.4 Å². The molecule has 2 rings (SSSR count). The van der Waals surface area contributed by atoms with Crippen molar-refractivity contribution in [2.45, 2.75) is 31.5 Å². The third-order valence-electron chi connectivity index (χ3n) is 2.71. The maximum Gasteiger partial charge on any atom is 0.296 e. The van der Waals surface area contributed by atoms with Crippen LogP contribution in [0.3, 0.4) is 0 Å². The fourth-order valence-corrected chi connectivity index (χ4v) is 3.44. The third-order valence-corrected chi connectivity index (χ3v) is 4.48. The highest BCUT2D eigenvalue weighted by atomic mass is 79.9. The normalized spacial score (nSPS) is 12.7. The summed E-state index contributed by atoms with van der Waals surface area (Å²) < 4.78 is 39.2. The van der Waals surface area contributed by atoms with E-state index in [4.69, 9.17) is 10.7 Å². The Labute approximate surface area is 134 Å². The second kappa shape index (κ2) is 5.33. The molecular weight excluding hydrogens is 385 g/mol. The van der Waals surface area contributed by atoms with E-state index in [2.05, 4.69) is 26.1 Å². The smallest absolute Gasteiger partial charge is 0.291 e. The van der Waals surface area contributed by atoms with Crippen LogP contribution >= 0.6 is 26.6 Å². The van der Waals surface area contributed by atoms with E-state index in [0.717, 1.165) is 0 Å². The molecular formula is C12H12BrClFN3O2S. The van der Waals surface area contributed by atoms with Gasteiger partial charge in [0, 0.05) is 20.7 Å². The summed E-state index contributed by atoms with van der Waals surface area (Å²) in [5.41, 5.74) is -0.579. The lowest BCUT2D eigenvalue weighted by Crippen LogP contribution is -2.26. The monoisotopic (exact) mass is 395 g/mol. The molecule has 1 heterocycles. The van der Waals surface area contributed by atoms with Crippen molar-refractivity contribution in [1.29, 1.82) is 0 Å². The first-order valence-corrected chi connectivity index (χ1v) is 8.98. The van der Waals surface area contributed by atoms with Gasteiger partial charge in [-0.25, -0.2) is 12.8 Å². The Bertz CT molecular complexity index is 779. The van der Waals surface area contributed by atoms with Crippen LogP contribution in [0.2, 0.25) is 0 Å². The summed E-state index contributed by atoms with van der Waals surface area (Å²) in [7, 11) is 1.29. The summed E-state index contributed by atoms with van der Waals surface area (Å²) >= 11 is 3.24. The Morgan fingerprint density at radius 2 is 1.90 bits per heavy atom. The van der Waals surface area contributed by atoms with Crippen molar-refractivity contribution in [3.63, 3.8) is 0 Å². The molecule has 114 valence electrons. The van der Waals surface area contributed by atoms with Crippen LogP contribution in [0, 0.1) is 5.82 Å². The number of aromatic nitrogens is 3. The van der Waals surface area contributed by atoms with Gasteiger partial charge in [0.25, 0.3) is 14.2 Å². The number of nitrogens with zero attached hydrogens (tertiary/aromatic N) is 3. The minimum Gasteiger partial charge on any atom is -0.291 e. The van der Waals surface area contributed by atoms with Gasteiger partial charge in [0.05, 0.1) is 5.56 Å². The summed E-state index contributed by atoms with van der Waals surface area (Å²) in [5.74, 6) is -0.451. The van der Waals surface area contributed by atoms with Gasteiger partial charge in [-0.05, 0) is 48.8 Å². The number of benzene rings is 1. The van der Waals surface area contributed by atoms with Crippen molar-refractivity contribution in [2.24, 2.45) is 0 Å². The molecule has 1 aromatic carbocycles. The lowest BCUT2D eigenvalue weighted by molar-refractivity contribution is 0.366. The number of rotatable bonds is 2. The van der Waals surface area contributed by atoms with Crippen LogP contribution in [-0.4, -0.2) is 23.2 Å². The molecule has 9 heteroatoms. The van der Waals surface area contributed by atoms with Crippen molar-refractivity contribution >= 4 is 35.7 Å². The molecule has 0 fully saturated rings. The van der Waals surface area contributed by atoms with Crippen molar-refractivity contribution < 1.29 is 12.8 Å². The molecule has 0 atom stereocenters. The molecule has 0 radical (unpaired) electrons. The molecule has 1 aromatic heterocycles. The molecule has 0 amide bonds. The zero-order chi connectivity index (χ0) is 16.0. The summed E-state index contributed by atoms with van der Waals surface area (Å²) in [6.45, 7) is 5.25. The average molecular weight is 397 g/mol. The van der Waals surface area contributed by atoms with Gasteiger partial charge >= 0.3 is 0 Å². The van der Waals surface area contributed by atoms with E-state index in [1.807, 2.05) is 0 Å². The zero-order valence-corrected chi connectivity index (χ0v) is 14.6. The van der Waals surface area contributed by atoms with Crippen LogP contribution in [0.4, 0.5) is 4.39 Å². The van der Waals surface area contributed by atoms with Gasteiger partial charge in [0.15, 0.2) is 5.82 Å². The van der Waals surface area contributed by atoms with E-state index in [9.17, 15) is 12.8 Å². The molecule has 2 aromatic rings. The third kappa shape index (κ3) is 3.12. The highest BCUT2D eigenvalue weighted by molar-refractivity contribution is 9.10. The first-order chi connectivity index (χ1) is 9.53. The first kappa shape index (κ1) is 16.4. The fourth-order valence-electron chi connectivity index (χ4n) is 1.91. The van der Waals surface area contributed by atoms with Crippen LogP contribution in [0.15, 0.2) is 27.8 Å². The Kier molecular flexibility index (Phi) is 4.16.